The van der Waals surface area contributed by atoms with E-state index in [-0.39, 0.29) is 52.6 Å². The highest BCUT2D eigenvalue weighted by Crippen LogP contribution is 2.38. The number of likely N-dealkylation sites (N-methyl/N-ethyl adjacent to an activating group) is 1. The lowest BCUT2D eigenvalue weighted by Crippen LogP contribution is -2.48. The van der Waals surface area contributed by atoms with E-state index < -0.39 is 35.0 Å². The number of carbonyl (C=O) groups excluding carboxylic acids is 3. The van der Waals surface area contributed by atoms with Crippen molar-refractivity contribution >= 4 is 29.2 Å². The lowest BCUT2D eigenvalue weighted by Gasteiger charge is -2.37. The minimum atomic E-state index is -3.43. The number of rotatable bonds is 12. The van der Waals surface area contributed by atoms with Gasteiger partial charge in [0.15, 0.2) is 5.69 Å². The number of esters is 1. The van der Waals surface area contributed by atoms with Crippen molar-refractivity contribution in [2.24, 2.45) is 5.41 Å². The minimum Gasteiger partial charge on any atom is -0.495 e. The van der Waals surface area contributed by atoms with Crippen LogP contribution in [0.2, 0.25) is 0 Å². The van der Waals surface area contributed by atoms with Crippen molar-refractivity contribution in [3.63, 3.8) is 0 Å². The van der Waals surface area contributed by atoms with E-state index in [0.717, 1.165) is 24.3 Å². The molecule has 1 aliphatic rings. The molecular formula is C37H37F3N6O5. The summed E-state index contributed by atoms with van der Waals surface area (Å²) in [6.07, 6.45) is 1.55. The number of nitrogens with zero attached hydrogens (tertiary/aromatic N) is 5. The Kier molecular flexibility index (Phi) is 10.5. The van der Waals surface area contributed by atoms with Gasteiger partial charge in [0, 0.05) is 35.5 Å². The van der Waals surface area contributed by atoms with Gasteiger partial charge in [0.2, 0.25) is 0 Å². The van der Waals surface area contributed by atoms with E-state index in [1.165, 1.54) is 72.5 Å². The van der Waals surface area contributed by atoms with Gasteiger partial charge in [0.05, 0.1) is 50.7 Å². The Bertz CT molecular complexity index is 1970. The molecule has 0 saturated heterocycles. The maximum atomic E-state index is 15.4. The molecule has 3 aromatic carbocycles. The van der Waals surface area contributed by atoms with Gasteiger partial charge in [-0.3, -0.25) is 19.1 Å². The number of methoxy groups -OCH3 is 2. The van der Waals surface area contributed by atoms with Crippen LogP contribution in [0.4, 0.5) is 24.5 Å². The van der Waals surface area contributed by atoms with Gasteiger partial charge >= 0.3 is 5.97 Å². The third-order valence-electron chi connectivity index (χ3n) is 8.63. The van der Waals surface area contributed by atoms with Crippen LogP contribution in [0.3, 0.4) is 0 Å². The zero-order chi connectivity index (χ0) is 37.1. The Morgan fingerprint density at radius 1 is 1.06 bits per heavy atom. The first-order chi connectivity index (χ1) is 24.2. The fraction of sp³-hybridized carbons (Fsp3) is 0.324. The van der Waals surface area contributed by atoms with Crippen LogP contribution in [-0.2, 0) is 15.5 Å². The van der Waals surface area contributed by atoms with Crippen LogP contribution in [0, 0.1) is 22.6 Å². The van der Waals surface area contributed by atoms with Crippen LogP contribution in [0.5, 0.6) is 5.75 Å². The second-order valence-corrected chi connectivity index (χ2v) is 13.1. The molecule has 266 valence electrons. The van der Waals surface area contributed by atoms with E-state index in [2.05, 4.69) is 10.4 Å². The average Bonchev–Trinajstić information content (AvgIpc) is 3.53. The first kappa shape index (κ1) is 36.6. The third-order valence-corrected chi connectivity index (χ3v) is 8.63. The monoisotopic (exact) mass is 702 g/mol. The number of hydrogen-bond donors (Lipinski definition) is 1. The fourth-order valence-corrected chi connectivity index (χ4v) is 6.28. The van der Waals surface area contributed by atoms with E-state index in [4.69, 9.17) is 9.47 Å². The number of alkyl halides is 2. The molecule has 1 N–H and O–H groups in total. The number of benzene rings is 3. The van der Waals surface area contributed by atoms with E-state index in [1.807, 2.05) is 31.9 Å². The van der Waals surface area contributed by atoms with Crippen LogP contribution in [-0.4, -0.2) is 73.4 Å². The number of amides is 2. The molecule has 51 heavy (non-hydrogen) atoms. The number of nitrogens with one attached hydrogen (secondary N) is 1. The molecule has 0 saturated carbocycles. The molecule has 2 amide bonds. The number of ether oxygens (including phenoxy) is 2. The summed E-state index contributed by atoms with van der Waals surface area (Å²) >= 11 is 0. The Balaban J connectivity index is 1.47. The molecule has 1 aromatic heterocycles. The number of fused-ring (bicyclic) bond motifs is 1. The van der Waals surface area contributed by atoms with E-state index >= 15 is 8.78 Å². The Morgan fingerprint density at radius 3 is 2.31 bits per heavy atom. The highest BCUT2D eigenvalue weighted by molar-refractivity contribution is 6.13. The molecule has 2 heterocycles. The Labute approximate surface area is 293 Å². The molecule has 14 heteroatoms. The van der Waals surface area contributed by atoms with E-state index in [0.29, 0.717) is 24.5 Å². The summed E-state index contributed by atoms with van der Waals surface area (Å²) in [6.45, 7) is 4.83. The van der Waals surface area contributed by atoms with E-state index in [1.54, 1.807) is 0 Å². The quantitative estimate of drug-likeness (QED) is 0.178. The zero-order valence-corrected chi connectivity index (χ0v) is 28.7. The van der Waals surface area contributed by atoms with Gasteiger partial charge in [-0.15, -0.1) is 0 Å². The summed E-state index contributed by atoms with van der Waals surface area (Å²) in [5.74, 6) is -5.23. The summed E-state index contributed by atoms with van der Waals surface area (Å²) < 4.78 is 55.7. The number of hydrogen-bond acceptors (Lipinski definition) is 8. The number of halogens is 3. The summed E-state index contributed by atoms with van der Waals surface area (Å²) in [7, 11) is 4.61. The lowest BCUT2D eigenvalue weighted by atomic mass is 9.88. The summed E-state index contributed by atoms with van der Waals surface area (Å²) in [4.78, 5) is 43.0. The maximum absolute atomic E-state index is 15.4. The summed E-state index contributed by atoms with van der Waals surface area (Å²) in [5.41, 5.74) is -0.378. The third kappa shape index (κ3) is 7.89. The second-order valence-electron chi connectivity index (χ2n) is 13.1. The zero-order valence-electron chi connectivity index (χ0n) is 28.7. The van der Waals surface area contributed by atoms with Crippen molar-refractivity contribution < 1.29 is 37.0 Å². The van der Waals surface area contributed by atoms with Gasteiger partial charge < -0.3 is 24.6 Å². The molecule has 11 nitrogen and oxygen atoms in total. The fourth-order valence-electron chi connectivity index (χ4n) is 6.28. The molecule has 0 radical (unpaired) electrons. The standard InChI is InChI=1S/C37H37F3N6O5/c1-36(2,17-32(47)51-5)22-44(3)20-29-21-45(28-13-9-26(10-14-28)37(39,40)25-7-11-27(38)12-8-25)35(49)33-30(19-42-46(29)33)43-34(48)23-6-15-31(50-4)24(16-23)18-41/h6-16,19,29H,17,20-22H2,1-5H3,(H,43,48). The highest BCUT2D eigenvalue weighted by Gasteiger charge is 2.38. The molecule has 0 aliphatic carbocycles. The van der Waals surface area contributed by atoms with Crippen molar-refractivity contribution in [2.75, 3.05) is 51.1 Å². The van der Waals surface area contributed by atoms with Crippen molar-refractivity contribution in [1.29, 1.82) is 5.26 Å². The van der Waals surface area contributed by atoms with Gasteiger partial charge in [-0.25, -0.2) is 4.39 Å². The van der Waals surface area contributed by atoms with E-state index in [9.17, 15) is 24.0 Å². The largest absolute Gasteiger partial charge is 0.495 e. The second kappa shape index (κ2) is 14.7. The minimum absolute atomic E-state index is 0.0663. The molecule has 0 fully saturated rings. The summed E-state index contributed by atoms with van der Waals surface area (Å²) in [5, 5.41) is 16.7. The Hall–Kier alpha value is -5.68. The first-order valence-corrected chi connectivity index (χ1v) is 16.0. The smallest absolute Gasteiger partial charge is 0.306 e. The average molecular weight is 703 g/mol. The molecule has 4 aromatic rings. The first-order valence-electron chi connectivity index (χ1n) is 16.0. The van der Waals surface area contributed by atoms with Crippen LogP contribution < -0.4 is 15.0 Å². The molecule has 1 aliphatic heterocycles. The predicted octanol–water partition coefficient (Wildman–Crippen LogP) is 6.02. The lowest BCUT2D eigenvalue weighted by molar-refractivity contribution is -0.143. The number of aromatic nitrogens is 2. The van der Waals surface area contributed by atoms with Crippen LogP contribution in [0.1, 0.15) is 63.8 Å². The topological polar surface area (TPSA) is 130 Å². The molecule has 5 rings (SSSR count). The molecule has 0 spiro atoms. The van der Waals surface area contributed by atoms with Gasteiger partial charge in [-0.05, 0) is 67.1 Å². The Morgan fingerprint density at radius 2 is 1.71 bits per heavy atom. The van der Waals surface area contributed by atoms with Crippen LogP contribution in [0.15, 0.2) is 72.9 Å². The van der Waals surface area contributed by atoms with Crippen LogP contribution in [0.25, 0.3) is 0 Å². The van der Waals surface area contributed by atoms with Crippen molar-refractivity contribution in [1.82, 2.24) is 14.7 Å². The normalized spacial score (nSPS) is 14.5. The SMILES string of the molecule is COC(=O)CC(C)(C)CN(C)CC1CN(c2ccc(C(F)(F)c3ccc(F)cc3)cc2)C(=O)c2c(NC(=O)c3ccc(OC)c(C#N)c3)cnn21. The highest BCUT2D eigenvalue weighted by atomic mass is 19.3. The number of carbonyl (C=O) groups is 3. The van der Waals surface area contributed by atoms with Gasteiger partial charge in [-0.1, -0.05) is 26.0 Å². The van der Waals surface area contributed by atoms with Crippen molar-refractivity contribution in [3.8, 4) is 11.8 Å². The van der Waals surface area contributed by atoms with Crippen molar-refractivity contribution in [3.05, 3.63) is 107 Å². The summed E-state index contributed by atoms with van der Waals surface area (Å²) in [6, 6.07) is 15.1. The molecular weight excluding hydrogens is 665 g/mol. The molecule has 1 atom stereocenters. The predicted molar refractivity (Wildman–Crippen MR) is 182 cm³/mol. The number of anilines is 2. The maximum Gasteiger partial charge on any atom is 0.306 e. The van der Waals surface area contributed by atoms with Gasteiger partial charge in [0.1, 0.15) is 17.6 Å². The molecule has 0 bridgehead atoms. The van der Waals surface area contributed by atoms with Gasteiger partial charge in [-0.2, -0.15) is 19.1 Å². The molecule has 1 unspecified atom stereocenters. The van der Waals surface area contributed by atoms with Gasteiger partial charge in [0.25, 0.3) is 17.7 Å². The van der Waals surface area contributed by atoms with Crippen LogP contribution >= 0.6 is 0 Å². The van der Waals surface area contributed by atoms with Crippen molar-refractivity contribution in [2.45, 2.75) is 32.2 Å². The number of nitriles is 1.